The van der Waals surface area contributed by atoms with E-state index in [9.17, 15) is 0 Å². The fourth-order valence-corrected chi connectivity index (χ4v) is 6.83. The predicted octanol–water partition coefficient (Wildman–Crippen LogP) is 5.99. The van der Waals surface area contributed by atoms with Crippen LogP contribution < -0.4 is 4.90 Å². The molecule has 2 aliphatic heterocycles. The molecule has 0 atom stereocenters. The summed E-state index contributed by atoms with van der Waals surface area (Å²) in [5.41, 5.74) is 2.83. The van der Waals surface area contributed by atoms with Crippen LogP contribution in [0.4, 0.5) is 5.69 Å². The van der Waals surface area contributed by atoms with Gasteiger partial charge in [0.15, 0.2) is 0 Å². The summed E-state index contributed by atoms with van der Waals surface area (Å²) in [6, 6.07) is 9.19. The zero-order valence-corrected chi connectivity index (χ0v) is 18.0. The molecule has 1 aromatic rings. The standard InChI is InChI=1S/C22H35NOS2/c1-22(25-18-7-19-26-22)13-2-5-16-24-17-6-8-20-9-11-21(12-10-20)23-14-3-4-15-23/h9-12H,2-8,13-19H2,1H3. The van der Waals surface area contributed by atoms with Crippen LogP contribution in [0.3, 0.4) is 0 Å². The van der Waals surface area contributed by atoms with Gasteiger partial charge in [-0.1, -0.05) is 12.1 Å². The lowest BCUT2D eigenvalue weighted by Gasteiger charge is -2.32. The van der Waals surface area contributed by atoms with E-state index in [-0.39, 0.29) is 0 Å². The number of benzene rings is 1. The van der Waals surface area contributed by atoms with E-state index in [1.807, 2.05) is 0 Å². The summed E-state index contributed by atoms with van der Waals surface area (Å²) in [6.07, 6.45) is 10.2. The summed E-state index contributed by atoms with van der Waals surface area (Å²) in [4.78, 5) is 2.50. The summed E-state index contributed by atoms with van der Waals surface area (Å²) >= 11 is 4.33. The lowest BCUT2D eigenvalue weighted by atomic mass is 10.1. The molecule has 2 nitrogen and oxygen atoms in total. The molecule has 0 unspecified atom stereocenters. The van der Waals surface area contributed by atoms with Crippen LogP contribution in [0.2, 0.25) is 0 Å². The van der Waals surface area contributed by atoms with E-state index in [0.29, 0.717) is 4.08 Å². The molecular formula is C22H35NOS2. The van der Waals surface area contributed by atoms with Crippen molar-refractivity contribution in [3.63, 3.8) is 0 Å². The Labute approximate surface area is 168 Å². The van der Waals surface area contributed by atoms with E-state index >= 15 is 0 Å². The second kappa shape index (κ2) is 10.9. The minimum atomic E-state index is 0.472. The number of anilines is 1. The van der Waals surface area contributed by atoms with Gasteiger partial charge in [-0.05, 0) is 87.5 Å². The van der Waals surface area contributed by atoms with Crippen LogP contribution in [0.15, 0.2) is 24.3 Å². The van der Waals surface area contributed by atoms with Crippen molar-refractivity contribution in [2.75, 3.05) is 42.7 Å². The zero-order valence-electron chi connectivity index (χ0n) is 16.4. The van der Waals surface area contributed by atoms with Crippen molar-refractivity contribution in [2.45, 2.75) is 62.4 Å². The van der Waals surface area contributed by atoms with Crippen molar-refractivity contribution < 1.29 is 4.74 Å². The molecule has 0 radical (unpaired) electrons. The molecule has 2 aliphatic rings. The Morgan fingerprint density at radius 3 is 2.35 bits per heavy atom. The van der Waals surface area contributed by atoms with Crippen molar-refractivity contribution in [1.29, 1.82) is 0 Å². The number of hydrogen-bond acceptors (Lipinski definition) is 4. The summed E-state index contributed by atoms with van der Waals surface area (Å²) in [7, 11) is 0. The highest BCUT2D eigenvalue weighted by molar-refractivity contribution is 8.18. The van der Waals surface area contributed by atoms with E-state index in [1.54, 1.807) is 0 Å². The number of ether oxygens (including phenoxy) is 1. The number of aryl methyl sites for hydroxylation is 1. The molecule has 2 fully saturated rings. The Morgan fingerprint density at radius 2 is 1.62 bits per heavy atom. The first-order valence-corrected chi connectivity index (χ1v) is 12.4. The second-order valence-electron chi connectivity index (χ2n) is 7.72. The van der Waals surface area contributed by atoms with Crippen molar-refractivity contribution in [1.82, 2.24) is 0 Å². The van der Waals surface area contributed by atoms with E-state index in [1.165, 1.54) is 74.4 Å². The maximum atomic E-state index is 5.86. The minimum absolute atomic E-state index is 0.472. The maximum Gasteiger partial charge on any atom is 0.0583 e. The molecular weight excluding hydrogens is 358 g/mol. The average molecular weight is 394 g/mol. The second-order valence-corrected chi connectivity index (χ2v) is 11.2. The van der Waals surface area contributed by atoms with Crippen molar-refractivity contribution in [2.24, 2.45) is 0 Å². The Kier molecular flexibility index (Phi) is 8.54. The quantitative estimate of drug-likeness (QED) is 0.452. The van der Waals surface area contributed by atoms with E-state index in [0.717, 1.165) is 26.1 Å². The zero-order chi connectivity index (χ0) is 18.1. The molecule has 0 N–H and O–H groups in total. The monoisotopic (exact) mass is 393 g/mol. The van der Waals surface area contributed by atoms with Gasteiger partial charge < -0.3 is 9.64 Å². The third-order valence-electron chi connectivity index (χ3n) is 5.43. The molecule has 0 saturated carbocycles. The molecule has 1 aromatic carbocycles. The van der Waals surface area contributed by atoms with Gasteiger partial charge in [0.05, 0.1) is 4.08 Å². The number of nitrogens with zero attached hydrogens (tertiary/aromatic N) is 1. The van der Waals surface area contributed by atoms with Gasteiger partial charge in [0.2, 0.25) is 0 Å². The third-order valence-corrected chi connectivity index (χ3v) is 8.76. The van der Waals surface area contributed by atoms with Gasteiger partial charge in [-0.3, -0.25) is 0 Å². The van der Waals surface area contributed by atoms with Gasteiger partial charge in [0.1, 0.15) is 0 Å². The molecule has 0 amide bonds. The first kappa shape index (κ1) is 20.4. The molecule has 146 valence electrons. The van der Waals surface area contributed by atoms with Crippen LogP contribution in [0.25, 0.3) is 0 Å². The van der Waals surface area contributed by atoms with E-state index < -0.39 is 0 Å². The van der Waals surface area contributed by atoms with Gasteiger partial charge in [0, 0.05) is 32.0 Å². The van der Waals surface area contributed by atoms with Gasteiger partial charge in [-0.2, -0.15) is 0 Å². The first-order valence-electron chi connectivity index (χ1n) is 10.4. The van der Waals surface area contributed by atoms with Gasteiger partial charge in [-0.15, -0.1) is 23.5 Å². The Bertz CT molecular complexity index is 507. The summed E-state index contributed by atoms with van der Waals surface area (Å²) in [5.74, 6) is 2.69. The van der Waals surface area contributed by atoms with Gasteiger partial charge in [-0.25, -0.2) is 0 Å². The third kappa shape index (κ3) is 6.69. The summed E-state index contributed by atoms with van der Waals surface area (Å²) in [5, 5.41) is 0. The number of hydrogen-bond donors (Lipinski definition) is 0. The summed E-state index contributed by atoms with van der Waals surface area (Å²) < 4.78 is 6.33. The smallest absolute Gasteiger partial charge is 0.0583 e. The highest BCUT2D eigenvalue weighted by Crippen LogP contribution is 2.45. The van der Waals surface area contributed by atoms with Crippen molar-refractivity contribution >= 4 is 29.2 Å². The molecule has 0 aliphatic carbocycles. The Morgan fingerprint density at radius 1 is 0.923 bits per heavy atom. The van der Waals surface area contributed by atoms with Crippen LogP contribution in [0, 0.1) is 0 Å². The van der Waals surface area contributed by atoms with E-state index in [4.69, 9.17) is 4.74 Å². The van der Waals surface area contributed by atoms with Crippen LogP contribution in [-0.2, 0) is 11.2 Å². The van der Waals surface area contributed by atoms with Crippen LogP contribution in [0.5, 0.6) is 0 Å². The highest BCUT2D eigenvalue weighted by Gasteiger charge is 2.27. The Hall–Kier alpha value is -0.320. The lowest BCUT2D eigenvalue weighted by Crippen LogP contribution is -2.20. The Balaban J connectivity index is 1.21. The lowest BCUT2D eigenvalue weighted by molar-refractivity contribution is 0.128. The largest absolute Gasteiger partial charge is 0.381 e. The number of rotatable bonds is 10. The van der Waals surface area contributed by atoms with Crippen molar-refractivity contribution in [3.05, 3.63) is 29.8 Å². The van der Waals surface area contributed by atoms with Crippen LogP contribution >= 0.6 is 23.5 Å². The average Bonchev–Trinajstić information content (AvgIpc) is 3.20. The molecule has 0 bridgehead atoms. The fraction of sp³-hybridized carbons (Fsp3) is 0.727. The molecule has 0 spiro atoms. The summed E-state index contributed by atoms with van der Waals surface area (Å²) in [6.45, 7) is 6.71. The van der Waals surface area contributed by atoms with Crippen LogP contribution in [0.1, 0.15) is 57.4 Å². The number of thioether (sulfide) groups is 2. The topological polar surface area (TPSA) is 12.5 Å². The molecule has 26 heavy (non-hydrogen) atoms. The fourth-order valence-electron chi connectivity index (χ4n) is 3.80. The molecule has 2 saturated heterocycles. The van der Waals surface area contributed by atoms with Gasteiger partial charge in [0.25, 0.3) is 0 Å². The highest BCUT2D eigenvalue weighted by atomic mass is 32.2. The SMILES string of the molecule is CC1(CCCCOCCCc2ccc(N3CCCC3)cc2)SCCCS1. The maximum absolute atomic E-state index is 5.86. The normalized spacial score (nSPS) is 19.8. The first-order chi connectivity index (χ1) is 12.8. The minimum Gasteiger partial charge on any atom is -0.381 e. The number of unbranched alkanes of at least 4 members (excludes halogenated alkanes) is 1. The van der Waals surface area contributed by atoms with Crippen LogP contribution in [-0.4, -0.2) is 41.9 Å². The van der Waals surface area contributed by atoms with Crippen molar-refractivity contribution in [3.8, 4) is 0 Å². The molecule has 2 heterocycles. The molecule has 0 aromatic heterocycles. The predicted molar refractivity (Wildman–Crippen MR) is 119 cm³/mol. The van der Waals surface area contributed by atoms with E-state index in [2.05, 4.69) is 59.6 Å². The molecule has 4 heteroatoms. The van der Waals surface area contributed by atoms with Gasteiger partial charge >= 0.3 is 0 Å². The molecule has 3 rings (SSSR count).